The number of rotatable bonds is 7. The van der Waals surface area contributed by atoms with Gasteiger partial charge in [0.25, 0.3) is 0 Å². The van der Waals surface area contributed by atoms with Crippen LogP contribution < -0.4 is 5.73 Å². The molecule has 2 N–H and O–H groups in total. The lowest BCUT2D eigenvalue weighted by atomic mass is 9.89. The van der Waals surface area contributed by atoms with Gasteiger partial charge in [-0.2, -0.15) is 5.10 Å². The van der Waals surface area contributed by atoms with Crippen LogP contribution in [0.25, 0.3) is 0 Å². The fraction of sp³-hybridized carbons (Fsp3) is 0.812. The minimum Gasteiger partial charge on any atom is -0.368 e. The minimum absolute atomic E-state index is 0.108. The number of nitrogens with two attached hydrogens (primary N) is 1. The van der Waals surface area contributed by atoms with Gasteiger partial charge in [0.05, 0.1) is 6.67 Å². The number of primary amides is 1. The first-order valence-corrected chi connectivity index (χ1v) is 9.12. The lowest BCUT2D eigenvalue weighted by Gasteiger charge is -2.29. The second-order valence-electron chi connectivity index (χ2n) is 7.03. The molecule has 0 saturated heterocycles. The van der Waals surface area contributed by atoms with Crippen LogP contribution in [0.2, 0.25) is 0 Å². The van der Waals surface area contributed by atoms with E-state index in [-0.39, 0.29) is 12.5 Å². The zero-order valence-corrected chi connectivity index (χ0v) is 14.7. The number of carbonyl (C=O) groups excluding carboxylic acids is 1. The number of carbonyl (C=O) groups is 1. The molecule has 1 aromatic heterocycles. The van der Waals surface area contributed by atoms with E-state index in [0.29, 0.717) is 10.8 Å². The third kappa shape index (κ3) is 4.20. The Balaban J connectivity index is 1.70. The van der Waals surface area contributed by atoms with Crippen LogP contribution in [0.4, 0.5) is 0 Å². The van der Waals surface area contributed by atoms with E-state index < -0.39 is 0 Å². The van der Waals surface area contributed by atoms with Gasteiger partial charge < -0.3 is 5.73 Å². The van der Waals surface area contributed by atoms with Crippen LogP contribution in [-0.4, -0.2) is 37.7 Å². The van der Waals surface area contributed by atoms with Crippen molar-refractivity contribution >= 4 is 18.1 Å². The van der Waals surface area contributed by atoms with Crippen LogP contribution in [0.3, 0.4) is 0 Å². The van der Waals surface area contributed by atoms with E-state index in [1.54, 1.807) is 4.57 Å². The number of hydrogen-bond donors (Lipinski definition) is 1. The van der Waals surface area contributed by atoms with Crippen molar-refractivity contribution < 1.29 is 4.79 Å². The highest BCUT2D eigenvalue weighted by molar-refractivity contribution is 7.71. The molecule has 128 valence electrons. The molecule has 7 heteroatoms. The predicted molar refractivity (Wildman–Crippen MR) is 91.3 cm³/mol. The summed E-state index contributed by atoms with van der Waals surface area (Å²) in [5.41, 5.74) is 5.30. The Morgan fingerprint density at radius 2 is 2.00 bits per heavy atom. The molecule has 2 saturated carbocycles. The largest absolute Gasteiger partial charge is 0.368 e. The Labute approximate surface area is 142 Å². The van der Waals surface area contributed by atoms with Gasteiger partial charge in [0.1, 0.15) is 12.4 Å². The fourth-order valence-electron chi connectivity index (χ4n) is 3.61. The molecule has 1 aromatic rings. The van der Waals surface area contributed by atoms with Crippen LogP contribution in [0.1, 0.15) is 50.8 Å². The highest BCUT2D eigenvalue weighted by Gasteiger charge is 2.31. The number of nitrogens with zero attached hydrogens (tertiary/aromatic N) is 4. The normalized spacial score (nSPS) is 19.4. The SMILES string of the molecule is Cc1nn(CN(CC2CCCCC2)C2CC2)c(=S)n1CC(N)=O. The summed E-state index contributed by atoms with van der Waals surface area (Å²) < 4.78 is 4.17. The summed E-state index contributed by atoms with van der Waals surface area (Å²) in [6, 6.07) is 0.681. The Morgan fingerprint density at radius 3 is 2.61 bits per heavy atom. The number of hydrogen-bond acceptors (Lipinski definition) is 4. The van der Waals surface area contributed by atoms with Crippen LogP contribution in [0.15, 0.2) is 0 Å². The van der Waals surface area contributed by atoms with Crippen molar-refractivity contribution in [1.29, 1.82) is 0 Å². The van der Waals surface area contributed by atoms with Gasteiger partial charge in [-0.3, -0.25) is 14.3 Å². The third-order valence-corrected chi connectivity index (χ3v) is 5.45. The molecule has 0 atom stereocenters. The molecule has 1 heterocycles. The van der Waals surface area contributed by atoms with E-state index in [0.717, 1.165) is 25.0 Å². The zero-order valence-electron chi connectivity index (χ0n) is 13.9. The molecule has 2 aliphatic rings. The van der Waals surface area contributed by atoms with Gasteiger partial charge in [0.2, 0.25) is 5.91 Å². The molecule has 0 bridgehead atoms. The lowest BCUT2D eigenvalue weighted by Crippen LogP contribution is -2.34. The van der Waals surface area contributed by atoms with Crippen molar-refractivity contribution in [2.75, 3.05) is 6.54 Å². The molecular weight excluding hydrogens is 310 g/mol. The molecule has 6 nitrogen and oxygen atoms in total. The first-order valence-electron chi connectivity index (χ1n) is 8.71. The van der Waals surface area contributed by atoms with Crippen molar-refractivity contribution in [3.8, 4) is 0 Å². The summed E-state index contributed by atoms with van der Waals surface area (Å²) in [5.74, 6) is 1.18. The van der Waals surface area contributed by atoms with E-state index in [9.17, 15) is 4.79 Å². The van der Waals surface area contributed by atoms with Crippen LogP contribution in [0, 0.1) is 17.6 Å². The molecule has 3 rings (SSSR count). The standard InChI is InChI=1S/C16H27N5OS/c1-12-18-21(16(23)20(12)10-15(17)22)11-19(14-7-8-14)9-13-5-3-2-4-6-13/h13-14H,2-11H2,1H3,(H2,17,22). The second kappa shape index (κ2) is 7.13. The maximum atomic E-state index is 11.2. The predicted octanol–water partition coefficient (Wildman–Crippen LogP) is 2.21. The maximum absolute atomic E-state index is 11.2. The Bertz CT molecular complexity index is 612. The quantitative estimate of drug-likeness (QED) is 0.775. The van der Waals surface area contributed by atoms with Crippen molar-refractivity contribution in [1.82, 2.24) is 19.2 Å². The highest BCUT2D eigenvalue weighted by atomic mass is 32.1. The third-order valence-electron chi connectivity index (χ3n) is 5.02. The average molecular weight is 337 g/mol. The van der Waals surface area contributed by atoms with Gasteiger partial charge in [0, 0.05) is 12.6 Å². The number of amides is 1. The molecular formula is C16H27N5OS. The molecule has 23 heavy (non-hydrogen) atoms. The average Bonchev–Trinajstić information content (AvgIpc) is 3.32. The van der Waals surface area contributed by atoms with E-state index >= 15 is 0 Å². The van der Waals surface area contributed by atoms with Crippen molar-refractivity contribution in [3.63, 3.8) is 0 Å². The van der Waals surface area contributed by atoms with Crippen LogP contribution in [-0.2, 0) is 18.0 Å². The molecule has 0 radical (unpaired) electrons. The summed E-state index contributed by atoms with van der Waals surface area (Å²) >= 11 is 5.49. The molecule has 0 aliphatic heterocycles. The summed E-state index contributed by atoms with van der Waals surface area (Å²) in [4.78, 5) is 13.7. The van der Waals surface area contributed by atoms with Gasteiger partial charge in [-0.15, -0.1) is 0 Å². The topological polar surface area (TPSA) is 69.1 Å². The van der Waals surface area contributed by atoms with Gasteiger partial charge in [-0.05, 0) is 50.7 Å². The van der Waals surface area contributed by atoms with Gasteiger partial charge in [0.15, 0.2) is 4.77 Å². The minimum atomic E-state index is -0.384. The lowest BCUT2D eigenvalue weighted by molar-refractivity contribution is -0.118. The molecule has 1 amide bonds. The zero-order chi connectivity index (χ0) is 16.4. The Hall–Kier alpha value is -1.21. The van der Waals surface area contributed by atoms with Gasteiger partial charge in [-0.25, -0.2) is 4.68 Å². The Kier molecular flexibility index (Phi) is 5.16. The van der Waals surface area contributed by atoms with Crippen molar-refractivity contribution in [2.45, 2.75) is 71.1 Å². The smallest absolute Gasteiger partial charge is 0.237 e. The molecule has 2 aliphatic carbocycles. The van der Waals surface area contributed by atoms with E-state index in [4.69, 9.17) is 18.0 Å². The number of aryl methyl sites for hydroxylation is 1. The first kappa shape index (κ1) is 16.6. The molecule has 0 unspecified atom stereocenters. The summed E-state index contributed by atoms with van der Waals surface area (Å²) in [7, 11) is 0. The van der Waals surface area contributed by atoms with Crippen molar-refractivity contribution in [3.05, 3.63) is 10.6 Å². The fourth-order valence-corrected chi connectivity index (χ4v) is 3.91. The van der Waals surface area contributed by atoms with Gasteiger partial charge in [-0.1, -0.05) is 19.3 Å². The highest BCUT2D eigenvalue weighted by Crippen LogP contribution is 2.31. The molecule has 0 spiro atoms. The summed E-state index contributed by atoms with van der Waals surface area (Å²) in [6.07, 6.45) is 9.39. The van der Waals surface area contributed by atoms with Crippen LogP contribution in [0.5, 0.6) is 0 Å². The van der Waals surface area contributed by atoms with Crippen molar-refractivity contribution in [2.24, 2.45) is 11.7 Å². The molecule has 2 fully saturated rings. The molecule has 0 aromatic carbocycles. The summed E-state index contributed by atoms with van der Waals surface area (Å²) in [6.45, 7) is 3.86. The van der Waals surface area contributed by atoms with E-state index in [2.05, 4.69) is 10.00 Å². The van der Waals surface area contributed by atoms with Crippen LogP contribution >= 0.6 is 12.2 Å². The monoisotopic (exact) mass is 337 g/mol. The van der Waals surface area contributed by atoms with Gasteiger partial charge >= 0.3 is 0 Å². The van der Waals surface area contributed by atoms with E-state index in [1.165, 1.54) is 44.9 Å². The first-order chi connectivity index (χ1) is 11.0. The number of aromatic nitrogens is 3. The summed E-state index contributed by atoms with van der Waals surface area (Å²) in [5, 5.41) is 4.53. The second-order valence-corrected chi connectivity index (χ2v) is 7.39. The van der Waals surface area contributed by atoms with E-state index in [1.807, 2.05) is 11.6 Å². The Morgan fingerprint density at radius 1 is 1.30 bits per heavy atom. The maximum Gasteiger partial charge on any atom is 0.237 e.